The molecule has 5 atom stereocenters. The van der Waals surface area contributed by atoms with Gasteiger partial charge in [0, 0.05) is 18.9 Å². The van der Waals surface area contributed by atoms with Crippen molar-refractivity contribution in [1.82, 2.24) is 10.6 Å². The highest BCUT2D eigenvalue weighted by Gasteiger charge is 2.52. The summed E-state index contributed by atoms with van der Waals surface area (Å²) in [6.07, 6.45) is -4.30. The Morgan fingerprint density at radius 1 is 0.955 bits per heavy atom. The number of benzene rings is 2. The second-order valence-corrected chi connectivity index (χ2v) is 12.2. The molecule has 238 valence electrons. The molecule has 2 aromatic carbocycles. The maximum absolute atomic E-state index is 12.6. The predicted molar refractivity (Wildman–Crippen MR) is 157 cm³/mol. The molecule has 0 spiro atoms. The summed E-state index contributed by atoms with van der Waals surface area (Å²) in [5.74, 6) is -3.74. The topological polar surface area (TPSA) is 162 Å². The Hall–Kier alpha value is -3.55. The average Bonchev–Trinajstić information content (AvgIpc) is 3.62. The van der Waals surface area contributed by atoms with Crippen LogP contribution in [0.3, 0.4) is 0 Å². The number of hydrogen-bond donors (Lipinski definition) is 4. The molecular formula is C32H40N2O10. The van der Waals surface area contributed by atoms with Gasteiger partial charge in [-0.15, -0.1) is 0 Å². The monoisotopic (exact) mass is 612 g/mol. The zero-order chi connectivity index (χ0) is 31.6. The molecule has 4 N–H and O–H groups in total. The van der Waals surface area contributed by atoms with Crippen LogP contribution in [-0.4, -0.2) is 90.0 Å². The Kier molecular flexibility index (Phi) is 9.28. The lowest BCUT2D eigenvalue weighted by Crippen LogP contribution is -2.48. The van der Waals surface area contributed by atoms with Crippen molar-refractivity contribution in [3.8, 4) is 11.1 Å². The van der Waals surface area contributed by atoms with E-state index in [0.29, 0.717) is 0 Å². The van der Waals surface area contributed by atoms with Crippen LogP contribution in [0.25, 0.3) is 11.1 Å². The molecule has 2 heterocycles. The van der Waals surface area contributed by atoms with Crippen molar-refractivity contribution in [1.29, 1.82) is 0 Å². The third-order valence-electron chi connectivity index (χ3n) is 8.04. The molecule has 2 amide bonds. The van der Waals surface area contributed by atoms with E-state index in [9.17, 15) is 24.6 Å². The van der Waals surface area contributed by atoms with Gasteiger partial charge in [-0.05, 0) is 56.4 Å². The van der Waals surface area contributed by atoms with E-state index >= 15 is 0 Å². The van der Waals surface area contributed by atoms with E-state index in [0.717, 1.165) is 22.3 Å². The molecule has 3 aliphatic rings. The van der Waals surface area contributed by atoms with Crippen LogP contribution in [0.1, 0.15) is 57.6 Å². The van der Waals surface area contributed by atoms with Gasteiger partial charge in [-0.2, -0.15) is 0 Å². The van der Waals surface area contributed by atoms with Gasteiger partial charge in [0.1, 0.15) is 37.1 Å². The number of ether oxygens (including phenoxy) is 5. The molecule has 12 nitrogen and oxygen atoms in total. The number of aliphatic hydroxyl groups excluding tert-OH is 1. The summed E-state index contributed by atoms with van der Waals surface area (Å²) in [4.78, 5) is 37.0. The molecule has 2 saturated heterocycles. The first-order valence-corrected chi connectivity index (χ1v) is 14.8. The van der Waals surface area contributed by atoms with Crippen LogP contribution in [0.15, 0.2) is 48.5 Å². The number of aliphatic hydroxyl groups is 1. The molecule has 2 aromatic rings. The van der Waals surface area contributed by atoms with Gasteiger partial charge in [0.25, 0.3) is 0 Å². The molecule has 0 aromatic heterocycles. The molecule has 1 unspecified atom stereocenters. The van der Waals surface area contributed by atoms with Gasteiger partial charge < -0.3 is 44.5 Å². The number of carboxylic acids is 1. The summed E-state index contributed by atoms with van der Waals surface area (Å²) < 4.78 is 28.9. The summed E-state index contributed by atoms with van der Waals surface area (Å²) in [7, 11) is 0. The first-order chi connectivity index (χ1) is 20.8. The first kappa shape index (κ1) is 31.9. The summed E-state index contributed by atoms with van der Waals surface area (Å²) in [5, 5.41) is 25.5. The Labute approximate surface area is 256 Å². The number of alkyl carbamates (subject to hydrolysis) is 1. The van der Waals surface area contributed by atoms with Gasteiger partial charge in [-0.1, -0.05) is 48.5 Å². The molecule has 2 fully saturated rings. The van der Waals surface area contributed by atoms with Gasteiger partial charge in [-0.3, -0.25) is 4.79 Å². The quantitative estimate of drug-likeness (QED) is 0.297. The lowest BCUT2D eigenvalue weighted by Gasteiger charge is -2.26. The number of carboxylic acid groups (broad SMARTS) is 1. The highest BCUT2D eigenvalue weighted by atomic mass is 16.8. The third-order valence-corrected chi connectivity index (χ3v) is 8.04. The highest BCUT2D eigenvalue weighted by Crippen LogP contribution is 2.44. The molecule has 2 aliphatic heterocycles. The lowest BCUT2D eigenvalue weighted by molar-refractivity contribution is -0.175. The van der Waals surface area contributed by atoms with E-state index in [4.69, 9.17) is 23.7 Å². The van der Waals surface area contributed by atoms with E-state index in [1.807, 2.05) is 48.5 Å². The molecule has 0 saturated carbocycles. The zero-order valence-electron chi connectivity index (χ0n) is 25.3. The lowest BCUT2D eigenvalue weighted by atomic mass is 9.98. The number of carbonyl (C=O) groups is 3. The van der Waals surface area contributed by atoms with E-state index in [-0.39, 0.29) is 38.5 Å². The van der Waals surface area contributed by atoms with Crippen LogP contribution in [0.2, 0.25) is 0 Å². The van der Waals surface area contributed by atoms with Crippen molar-refractivity contribution >= 4 is 18.0 Å². The second-order valence-electron chi connectivity index (χ2n) is 12.2. The maximum Gasteiger partial charge on any atom is 0.407 e. The molecule has 0 bridgehead atoms. The zero-order valence-corrected chi connectivity index (χ0v) is 25.3. The molecular weight excluding hydrogens is 572 g/mol. The van der Waals surface area contributed by atoms with Gasteiger partial charge in [0.15, 0.2) is 11.6 Å². The van der Waals surface area contributed by atoms with Gasteiger partial charge in [0.05, 0.1) is 6.61 Å². The first-order valence-electron chi connectivity index (χ1n) is 14.8. The fourth-order valence-corrected chi connectivity index (χ4v) is 6.02. The summed E-state index contributed by atoms with van der Waals surface area (Å²) in [5.41, 5.74) is 4.22. The van der Waals surface area contributed by atoms with Crippen LogP contribution in [0.4, 0.5) is 4.79 Å². The third kappa shape index (κ3) is 7.22. The van der Waals surface area contributed by atoms with Gasteiger partial charge >= 0.3 is 12.1 Å². The smallest absolute Gasteiger partial charge is 0.407 e. The van der Waals surface area contributed by atoms with Crippen LogP contribution < -0.4 is 10.6 Å². The van der Waals surface area contributed by atoms with Crippen molar-refractivity contribution in [2.75, 3.05) is 19.8 Å². The molecule has 1 aliphatic carbocycles. The van der Waals surface area contributed by atoms with Gasteiger partial charge in [-0.25, -0.2) is 9.59 Å². The number of hydrogen-bond acceptors (Lipinski definition) is 9. The van der Waals surface area contributed by atoms with E-state index in [2.05, 4.69) is 10.6 Å². The van der Waals surface area contributed by atoms with Crippen molar-refractivity contribution in [3.05, 3.63) is 59.7 Å². The largest absolute Gasteiger partial charge is 0.480 e. The normalized spacial score (nSPS) is 24.6. The van der Waals surface area contributed by atoms with Crippen LogP contribution in [0, 0.1) is 0 Å². The Morgan fingerprint density at radius 2 is 1.59 bits per heavy atom. The minimum absolute atomic E-state index is 0.0326. The summed E-state index contributed by atoms with van der Waals surface area (Å²) >= 11 is 0. The van der Waals surface area contributed by atoms with E-state index in [1.165, 1.54) is 0 Å². The molecule has 44 heavy (non-hydrogen) atoms. The minimum Gasteiger partial charge on any atom is -0.480 e. The van der Waals surface area contributed by atoms with Gasteiger partial charge in [0.2, 0.25) is 5.91 Å². The second kappa shape index (κ2) is 12.8. The number of fused-ring (bicyclic) bond motifs is 3. The molecule has 0 radical (unpaired) electrons. The van der Waals surface area contributed by atoms with Crippen molar-refractivity contribution in [3.63, 3.8) is 0 Å². The number of nitrogens with one attached hydrogen (secondary N) is 2. The molecule has 12 heteroatoms. The summed E-state index contributed by atoms with van der Waals surface area (Å²) in [6.45, 7) is 7.15. The Bertz CT molecular complexity index is 1330. The summed E-state index contributed by atoms with van der Waals surface area (Å²) in [6, 6.07) is 14.4. The Morgan fingerprint density at radius 3 is 2.18 bits per heavy atom. The SMILES string of the molecule is CC1(C)OC[C@H](C2OC(C)(C)O[C@@H]2[C@@H](O)CNC(=O)CC[C@H](NC(=O)OCC2c3ccccc3-c3ccccc32)C(=O)O)O1. The fraction of sp³-hybridized carbons (Fsp3) is 0.531. The predicted octanol–water partition coefficient (Wildman–Crippen LogP) is 2.91. The van der Waals surface area contributed by atoms with Crippen LogP contribution >= 0.6 is 0 Å². The van der Waals surface area contributed by atoms with E-state index in [1.54, 1.807) is 27.7 Å². The highest BCUT2D eigenvalue weighted by molar-refractivity contribution is 5.82. The van der Waals surface area contributed by atoms with Crippen molar-refractivity contribution < 1.29 is 48.3 Å². The average molecular weight is 613 g/mol. The minimum atomic E-state index is -1.35. The Balaban J connectivity index is 1.09. The standard InChI is InChI=1S/C32H40N2O10/c1-31(2)41-17-25(42-31)28-27(43-32(3,4)44-28)24(35)15-33-26(36)14-13-23(29(37)38)34-30(39)40-16-22-20-11-7-5-9-18(20)19-10-6-8-12-21(19)22/h5-12,22-25,27-28,35H,13-17H2,1-4H3,(H,33,36)(H,34,39)(H,37,38)/t23-,24-,25+,27+,28?/m0/s1. The van der Waals surface area contributed by atoms with E-state index < -0.39 is 60.0 Å². The van der Waals surface area contributed by atoms with Crippen LogP contribution in [-0.2, 0) is 33.3 Å². The van der Waals surface area contributed by atoms with Crippen molar-refractivity contribution in [2.45, 2.75) is 88.5 Å². The molecule has 5 rings (SSSR count). The van der Waals surface area contributed by atoms with Crippen LogP contribution in [0.5, 0.6) is 0 Å². The number of amides is 2. The number of carbonyl (C=O) groups excluding carboxylic acids is 2. The number of aliphatic carboxylic acids is 1. The fourth-order valence-electron chi connectivity index (χ4n) is 6.02. The maximum atomic E-state index is 12.6. The number of rotatable bonds is 11. The van der Waals surface area contributed by atoms with Crippen molar-refractivity contribution in [2.24, 2.45) is 0 Å².